The van der Waals surface area contributed by atoms with Crippen molar-refractivity contribution in [2.24, 2.45) is 0 Å². The van der Waals surface area contributed by atoms with Gasteiger partial charge in [0.1, 0.15) is 11.6 Å². The van der Waals surface area contributed by atoms with Crippen LogP contribution in [0.2, 0.25) is 0 Å². The van der Waals surface area contributed by atoms with Crippen molar-refractivity contribution < 1.29 is 19.4 Å². The van der Waals surface area contributed by atoms with E-state index in [4.69, 9.17) is 9.84 Å². The van der Waals surface area contributed by atoms with Gasteiger partial charge < -0.3 is 9.84 Å². The molecule has 0 bridgehead atoms. The molecule has 0 aromatic heterocycles. The molecule has 6 nitrogen and oxygen atoms in total. The van der Waals surface area contributed by atoms with Gasteiger partial charge >= 0.3 is 12.1 Å². The molecule has 86 valence electrons. The molecule has 2 N–H and O–H groups in total. The Labute approximate surface area is 88.2 Å². The maximum absolute atomic E-state index is 11.3. The minimum atomic E-state index is -0.933. The number of nitrogens with one attached hydrogen (secondary N) is 1. The van der Waals surface area contributed by atoms with Crippen molar-refractivity contribution in [3.63, 3.8) is 0 Å². The summed E-state index contributed by atoms with van der Waals surface area (Å²) in [5.41, 5.74) is 1.82. The van der Waals surface area contributed by atoms with Gasteiger partial charge in [-0.25, -0.2) is 9.80 Å². The van der Waals surface area contributed by atoms with E-state index in [0.29, 0.717) is 13.0 Å². The Hall–Kier alpha value is -1.30. The third kappa shape index (κ3) is 3.39. The van der Waals surface area contributed by atoms with E-state index >= 15 is 0 Å². The quantitative estimate of drug-likeness (QED) is 0.706. The molecular weight excluding hydrogens is 200 g/mol. The van der Waals surface area contributed by atoms with Gasteiger partial charge in [-0.3, -0.25) is 10.2 Å². The Morgan fingerprint density at radius 3 is 2.40 bits per heavy atom. The third-order valence-electron chi connectivity index (χ3n) is 1.94. The van der Waals surface area contributed by atoms with Gasteiger partial charge in [0, 0.05) is 6.54 Å². The number of carboxylic acid groups (broad SMARTS) is 1. The van der Waals surface area contributed by atoms with E-state index in [1.165, 1.54) is 5.01 Å². The van der Waals surface area contributed by atoms with E-state index in [1.807, 2.05) is 0 Å². The lowest BCUT2D eigenvalue weighted by atomic mass is 10.1. The highest BCUT2D eigenvalue weighted by Crippen LogP contribution is 2.15. The molecule has 0 aliphatic carbocycles. The Kier molecular flexibility index (Phi) is 3.18. The van der Waals surface area contributed by atoms with Crippen molar-refractivity contribution in [2.75, 3.05) is 6.54 Å². The average molecular weight is 216 g/mol. The fraction of sp³-hybridized carbons (Fsp3) is 0.778. The van der Waals surface area contributed by atoms with Crippen LogP contribution < -0.4 is 5.43 Å². The van der Waals surface area contributed by atoms with Crippen LogP contribution in [0.1, 0.15) is 27.2 Å². The first-order valence-electron chi connectivity index (χ1n) is 4.79. The molecule has 0 radical (unpaired) electrons. The molecule has 1 rings (SSSR count). The summed E-state index contributed by atoms with van der Waals surface area (Å²) < 4.78 is 4.99. The van der Waals surface area contributed by atoms with Crippen LogP contribution >= 0.6 is 0 Å². The number of hydrogen-bond acceptors (Lipinski definition) is 4. The summed E-state index contributed by atoms with van der Waals surface area (Å²) in [5.74, 6) is -0.933. The molecule has 6 heteroatoms. The summed E-state index contributed by atoms with van der Waals surface area (Å²) in [4.78, 5) is 21.9. The van der Waals surface area contributed by atoms with Gasteiger partial charge in [-0.1, -0.05) is 0 Å². The number of nitrogens with zero attached hydrogens (tertiary/aromatic N) is 1. The largest absolute Gasteiger partial charge is 0.480 e. The second kappa shape index (κ2) is 4.06. The highest BCUT2D eigenvalue weighted by molar-refractivity contribution is 5.75. The van der Waals surface area contributed by atoms with Crippen LogP contribution in [0, 0.1) is 0 Å². The summed E-state index contributed by atoms with van der Waals surface area (Å²) >= 11 is 0. The van der Waals surface area contributed by atoms with E-state index in [9.17, 15) is 9.59 Å². The van der Waals surface area contributed by atoms with E-state index in [0.717, 1.165) is 0 Å². The number of aliphatic carboxylic acids is 1. The van der Waals surface area contributed by atoms with Crippen LogP contribution in [0.25, 0.3) is 0 Å². The van der Waals surface area contributed by atoms with Gasteiger partial charge in [0.15, 0.2) is 0 Å². The van der Waals surface area contributed by atoms with Crippen LogP contribution in [0.3, 0.4) is 0 Å². The molecule has 1 heterocycles. The number of hydrazine groups is 1. The molecule has 15 heavy (non-hydrogen) atoms. The number of carbonyl (C=O) groups is 2. The van der Waals surface area contributed by atoms with Gasteiger partial charge in [-0.15, -0.1) is 0 Å². The van der Waals surface area contributed by atoms with Crippen LogP contribution in [-0.4, -0.2) is 40.4 Å². The second-order valence-corrected chi connectivity index (χ2v) is 4.45. The summed E-state index contributed by atoms with van der Waals surface area (Å²) in [5, 5.41) is 10.1. The van der Waals surface area contributed by atoms with Gasteiger partial charge in [-0.2, -0.15) is 0 Å². The van der Waals surface area contributed by atoms with Crippen molar-refractivity contribution >= 4 is 12.1 Å². The van der Waals surface area contributed by atoms with Crippen LogP contribution in [0.5, 0.6) is 0 Å². The molecule has 1 fully saturated rings. The molecule has 0 unspecified atom stereocenters. The van der Waals surface area contributed by atoms with Gasteiger partial charge in [-0.05, 0) is 27.2 Å². The van der Waals surface area contributed by atoms with Gasteiger partial charge in [0.05, 0.1) is 0 Å². The number of ether oxygens (including phenoxy) is 1. The molecule has 1 amide bonds. The van der Waals surface area contributed by atoms with E-state index in [-0.39, 0.29) is 0 Å². The van der Waals surface area contributed by atoms with Crippen LogP contribution in [0.4, 0.5) is 4.79 Å². The second-order valence-electron chi connectivity index (χ2n) is 4.45. The topological polar surface area (TPSA) is 78.9 Å². The highest BCUT2D eigenvalue weighted by Gasteiger charge is 2.36. The number of carbonyl (C=O) groups excluding carboxylic acids is 1. The van der Waals surface area contributed by atoms with Crippen molar-refractivity contribution in [1.82, 2.24) is 10.4 Å². The lowest BCUT2D eigenvalue weighted by Crippen LogP contribution is -2.60. The monoisotopic (exact) mass is 216 g/mol. The van der Waals surface area contributed by atoms with Crippen molar-refractivity contribution in [1.29, 1.82) is 0 Å². The Balaban J connectivity index is 2.36. The van der Waals surface area contributed by atoms with Crippen LogP contribution in [0.15, 0.2) is 0 Å². The number of hydrogen-bond donors (Lipinski definition) is 2. The zero-order valence-corrected chi connectivity index (χ0v) is 9.11. The lowest BCUT2D eigenvalue weighted by molar-refractivity contribution is -0.150. The third-order valence-corrected chi connectivity index (χ3v) is 1.94. The molecule has 0 saturated carbocycles. The summed E-state index contributed by atoms with van der Waals surface area (Å²) in [6.07, 6.45) is -0.0704. The highest BCUT2D eigenvalue weighted by atomic mass is 16.6. The predicted molar refractivity (Wildman–Crippen MR) is 52.1 cm³/mol. The van der Waals surface area contributed by atoms with E-state index in [2.05, 4.69) is 5.43 Å². The fourth-order valence-corrected chi connectivity index (χ4v) is 1.20. The lowest BCUT2D eigenvalue weighted by Gasteiger charge is -2.37. The van der Waals surface area contributed by atoms with E-state index in [1.54, 1.807) is 20.8 Å². The Morgan fingerprint density at radius 2 is 2.07 bits per heavy atom. The maximum Gasteiger partial charge on any atom is 0.422 e. The summed E-state index contributed by atoms with van der Waals surface area (Å²) in [6, 6.07) is -0.627. The first-order chi connectivity index (χ1) is 6.79. The fourth-order valence-electron chi connectivity index (χ4n) is 1.20. The summed E-state index contributed by atoms with van der Waals surface area (Å²) in [6.45, 7) is 5.78. The molecule has 1 aliphatic heterocycles. The molecule has 0 aromatic carbocycles. The molecule has 0 aromatic rings. The van der Waals surface area contributed by atoms with Crippen molar-refractivity contribution in [2.45, 2.75) is 38.8 Å². The minimum Gasteiger partial charge on any atom is -0.480 e. The van der Waals surface area contributed by atoms with Crippen molar-refractivity contribution in [3.8, 4) is 0 Å². The number of amides is 1. The minimum absolute atomic E-state index is 0.538. The smallest absolute Gasteiger partial charge is 0.422 e. The SMILES string of the molecule is CC(C)(C)OC(=O)NN1CC[C@@H]1C(=O)O. The number of carboxylic acids is 1. The average Bonchev–Trinajstić information content (AvgIpc) is 1.93. The van der Waals surface area contributed by atoms with Gasteiger partial charge in [0.25, 0.3) is 0 Å². The zero-order valence-electron chi connectivity index (χ0n) is 9.11. The van der Waals surface area contributed by atoms with Crippen molar-refractivity contribution in [3.05, 3.63) is 0 Å². The maximum atomic E-state index is 11.3. The first-order valence-corrected chi connectivity index (χ1v) is 4.79. The van der Waals surface area contributed by atoms with E-state index < -0.39 is 23.7 Å². The molecule has 0 spiro atoms. The molecule has 1 atom stereocenters. The normalized spacial score (nSPS) is 21.7. The predicted octanol–water partition coefficient (Wildman–Crippen LogP) is 0.585. The first kappa shape index (κ1) is 11.8. The van der Waals surface area contributed by atoms with Crippen LogP contribution in [-0.2, 0) is 9.53 Å². The Morgan fingerprint density at radius 1 is 1.47 bits per heavy atom. The summed E-state index contributed by atoms with van der Waals surface area (Å²) in [7, 11) is 0. The molecule has 1 aliphatic rings. The van der Waals surface area contributed by atoms with Gasteiger partial charge in [0.2, 0.25) is 0 Å². The number of rotatable bonds is 2. The Bertz CT molecular complexity index is 272. The molecule has 1 saturated heterocycles. The zero-order chi connectivity index (χ0) is 11.6. The molecular formula is C9H16N2O4. The standard InChI is InChI=1S/C9H16N2O4/c1-9(2,3)15-8(14)10-11-5-4-6(11)7(12)13/h6H,4-5H2,1-3H3,(H,10,14)(H,12,13)/t6-/m1/s1.